The quantitative estimate of drug-likeness (QED) is 0.678. The molecule has 6 nitrogen and oxygen atoms in total. The fourth-order valence-electron chi connectivity index (χ4n) is 3.47. The first-order valence-corrected chi connectivity index (χ1v) is 10.0. The van der Waals surface area contributed by atoms with E-state index in [1.807, 2.05) is 43.3 Å². The second-order valence-electron chi connectivity index (χ2n) is 7.63. The van der Waals surface area contributed by atoms with Gasteiger partial charge in [-0.1, -0.05) is 17.7 Å². The van der Waals surface area contributed by atoms with Crippen LogP contribution in [0.3, 0.4) is 0 Å². The van der Waals surface area contributed by atoms with Crippen molar-refractivity contribution in [3.8, 4) is 17.2 Å². The standard InChI is InChI=1S/C23H30N2O4/c1-18-3-5-20(6-4-18)29-21-9-7-19(8-10-21)28-15-22(26)25-16-23(17-27-2)11-13-24-14-12-23/h3-10,24H,11-17H2,1-2H3,(H,25,26). The third-order valence-electron chi connectivity index (χ3n) is 5.23. The molecule has 0 unspecified atom stereocenters. The summed E-state index contributed by atoms with van der Waals surface area (Å²) in [5.41, 5.74) is 1.19. The number of hydrogen-bond donors (Lipinski definition) is 2. The van der Waals surface area contributed by atoms with Crippen LogP contribution in [-0.2, 0) is 9.53 Å². The van der Waals surface area contributed by atoms with E-state index in [2.05, 4.69) is 10.6 Å². The van der Waals surface area contributed by atoms with E-state index in [1.165, 1.54) is 5.56 Å². The summed E-state index contributed by atoms with van der Waals surface area (Å²) in [6.45, 7) is 5.18. The van der Waals surface area contributed by atoms with Gasteiger partial charge in [-0.05, 0) is 69.3 Å². The normalized spacial score (nSPS) is 15.5. The van der Waals surface area contributed by atoms with Crippen LogP contribution in [0.5, 0.6) is 17.2 Å². The van der Waals surface area contributed by atoms with Crippen LogP contribution in [0, 0.1) is 12.3 Å². The predicted molar refractivity (Wildman–Crippen MR) is 113 cm³/mol. The van der Waals surface area contributed by atoms with Crippen molar-refractivity contribution >= 4 is 5.91 Å². The largest absolute Gasteiger partial charge is 0.484 e. The molecule has 0 saturated carbocycles. The molecule has 29 heavy (non-hydrogen) atoms. The molecule has 0 atom stereocenters. The third-order valence-corrected chi connectivity index (χ3v) is 5.23. The summed E-state index contributed by atoms with van der Waals surface area (Å²) in [6, 6.07) is 15.1. The number of methoxy groups -OCH3 is 1. The van der Waals surface area contributed by atoms with Crippen molar-refractivity contribution < 1.29 is 19.0 Å². The number of aryl methyl sites for hydroxylation is 1. The Balaban J connectivity index is 1.44. The zero-order valence-corrected chi connectivity index (χ0v) is 17.2. The number of nitrogens with one attached hydrogen (secondary N) is 2. The van der Waals surface area contributed by atoms with Crippen LogP contribution in [0.1, 0.15) is 18.4 Å². The van der Waals surface area contributed by atoms with E-state index in [0.29, 0.717) is 18.9 Å². The fraction of sp³-hybridized carbons (Fsp3) is 0.435. The van der Waals surface area contributed by atoms with E-state index in [4.69, 9.17) is 14.2 Å². The lowest BCUT2D eigenvalue weighted by Crippen LogP contribution is -2.47. The minimum absolute atomic E-state index is 0.00459. The molecular formula is C23H30N2O4. The van der Waals surface area contributed by atoms with Crippen LogP contribution in [0.25, 0.3) is 0 Å². The third kappa shape index (κ3) is 6.48. The van der Waals surface area contributed by atoms with Crippen molar-refractivity contribution in [1.29, 1.82) is 0 Å². The molecule has 0 spiro atoms. The highest BCUT2D eigenvalue weighted by Gasteiger charge is 2.32. The average Bonchev–Trinajstić information content (AvgIpc) is 2.74. The van der Waals surface area contributed by atoms with Crippen molar-refractivity contribution in [3.63, 3.8) is 0 Å². The summed E-state index contributed by atoms with van der Waals surface area (Å²) < 4.78 is 16.8. The van der Waals surface area contributed by atoms with E-state index < -0.39 is 0 Å². The summed E-state index contributed by atoms with van der Waals surface area (Å²) in [5.74, 6) is 2.01. The van der Waals surface area contributed by atoms with Crippen LogP contribution >= 0.6 is 0 Å². The van der Waals surface area contributed by atoms with Gasteiger partial charge in [0.25, 0.3) is 5.91 Å². The number of carbonyl (C=O) groups excluding carboxylic acids is 1. The molecule has 6 heteroatoms. The van der Waals surface area contributed by atoms with E-state index in [9.17, 15) is 4.79 Å². The molecule has 156 valence electrons. The molecule has 1 aliphatic rings. The Morgan fingerprint density at radius 2 is 1.59 bits per heavy atom. The number of benzene rings is 2. The van der Waals surface area contributed by atoms with Crippen LogP contribution < -0.4 is 20.1 Å². The number of ether oxygens (including phenoxy) is 3. The topological polar surface area (TPSA) is 68.8 Å². The van der Waals surface area contributed by atoms with E-state index in [1.54, 1.807) is 19.2 Å². The second-order valence-corrected chi connectivity index (χ2v) is 7.63. The summed E-state index contributed by atoms with van der Waals surface area (Å²) >= 11 is 0. The first-order chi connectivity index (χ1) is 14.1. The number of carbonyl (C=O) groups is 1. The van der Waals surface area contributed by atoms with Crippen molar-refractivity contribution in [1.82, 2.24) is 10.6 Å². The molecule has 1 fully saturated rings. The minimum atomic E-state index is -0.126. The van der Waals surface area contributed by atoms with Crippen molar-refractivity contribution in [3.05, 3.63) is 54.1 Å². The Morgan fingerprint density at radius 3 is 2.21 bits per heavy atom. The lowest BCUT2D eigenvalue weighted by atomic mass is 9.79. The molecule has 1 heterocycles. The highest BCUT2D eigenvalue weighted by atomic mass is 16.5. The maximum absolute atomic E-state index is 12.2. The van der Waals surface area contributed by atoms with Gasteiger partial charge in [-0.25, -0.2) is 0 Å². The fourth-order valence-corrected chi connectivity index (χ4v) is 3.47. The van der Waals surface area contributed by atoms with Crippen molar-refractivity contribution in [2.75, 3.05) is 40.0 Å². The van der Waals surface area contributed by atoms with Gasteiger partial charge in [-0.3, -0.25) is 4.79 Å². The molecule has 1 saturated heterocycles. The van der Waals surface area contributed by atoms with Gasteiger partial charge in [-0.2, -0.15) is 0 Å². The average molecular weight is 399 g/mol. The summed E-state index contributed by atoms with van der Waals surface area (Å²) in [4.78, 5) is 12.2. The zero-order valence-electron chi connectivity index (χ0n) is 17.2. The number of amides is 1. The van der Waals surface area contributed by atoms with Crippen LogP contribution in [0.2, 0.25) is 0 Å². The molecular weight excluding hydrogens is 368 g/mol. The van der Waals surface area contributed by atoms with Gasteiger partial charge >= 0.3 is 0 Å². The molecule has 0 radical (unpaired) electrons. The maximum Gasteiger partial charge on any atom is 0.257 e. The molecule has 0 bridgehead atoms. The van der Waals surface area contributed by atoms with E-state index >= 15 is 0 Å². The van der Waals surface area contributed by atoms with Crippen molar-refractivity contribution in [2.24, 2.45) is 5.41 Å². The SMILES string of the molecule is COCC1(CNC(=O)COc2ccc(Oc3ccc(C)cc3)cc2)CCNCC1. The smallest absolute Gasteiger partial charge is 0.257 e. The van der Waals surface area contributed by atoms with Gasteiger partial charge in [0.2, 0.25) is 0 Å². The maximum atomic E-state index is 12.2. The molecule has 0 aliphatic carbocycles. The number of rotatable bonds is 9. The van der Waals surface area contributed by atoms with Crippen LogP contribution in [-0.4, -0.2) is 45.9 Å². The highest BCUT2D eigenvalue weighted by molar-refractivity contribution is 5.77. The minimum Gasteiger partial charge on any atom is -0.484 e. The molecule has 1 amide bonds. The summed E-state index contributed by atoms with van der Waals surface area (Å²) in [6.07, 6.45) is 1.98. The Hall–Kier alpha value is -2.57. The van der Waals surface area contributed by atoms with Gasteiger partial charge < -0.3 is 24.8 Å². The first kappa shape index (κ1) is 21.1. The van der Waals surface area contributed by atoms with E-state index in [0.717, 1.165) is 37.4 Å². The Morgan fingerprint density at radius 1 is 1.00 bits per heavy atom. The lowest BCUT2D eigenvalue weighted by Gasteiger charge is -2.37. The molecule has 2 aromatic carbocycles. The molecule has 0 aromatic heterocycles. The Bertz CT molecular complexity index is 763. The second kappa shape index (κ2) is 10.3. The highest BCUT2D eigenvalue weighted by Crippen LogP contribution is 2.28. The summed E-state index contributed by atoms with van der Waals surface area (Å²) in [7, 11) is 1.71. The van der Waals surface area contributed by atoms with Gasteiger partial charge in [0.1, 0.15) is 17.2 Å². The van der Waals surface area contributed by atoms with Crippen LogP contribution in [0.4, 0.5) is 0 Å². The Labute approximate surface area is 172 Å². The molecule has 2 aromatic rings. The molecule has 1 aliphatic heterocycles. The summed E-state index contributed by atoms with van der Waals surface area (Å²) in [5, 5.41) is 6.35. The first-order valence-electron chi connectivity index (χ1n) is 10.0. The van der Waals surface area contributed by atoms with Gasteiger partial charge in [-0.15, -0.1) is 0 Å². The number of piperidine rings is 1. The van der Waals surface area contributed by atoms with Gasteiger partial charge in [0.05, 0.1) is 6.61 Å². The van der Waals surface area contributed by atoms with Gasteiger partial charge in [0, 0.05) is 19.1 Å². The van der Waals surface area contributed by atoms with Crippen molar-refractivity contribution in [2.45, 2.75) is 19.8 Å². The van der Waals surface area contributed by atoms with Crippen LogP contribution in [0.15, 0.2) is 48.5 Å². The zero-order chi connectivity index (χ0) is 20.5. The monoisotopic (exact) mass is 398 g/mol. The molecule has 3 rings (SSSR count). The lowest BCUT2D eigenvalue weighted by molar-refractivity contribution is -0.124. The Kier molecular flexibility index (Phi) is 7.49. The number of hydrogen-bond acceptors (Lipinski definition) is 5. The van der Waals surface area contributed by atoms with Gasteiger partial charge in [0.15, 0.2) is 6.61 Å². The predicted octanol–water partition coefficient (Wildman–Crippen LogP) is 3.30. The van der Waals surface area contributed by atoms with E-state index in [-0.39, 0.29) is 17.9 Å². The molecule has 2 N–H and O–H groups in total.